The third-order valence-corrected chi connectivity index (χ3v) is 3.15. The highest BCUT2D eigenvalue weighted by atomic mass is 19.1. The SMILES string of the molecule is Cc1cc(F)cc(-c2noc(C3CC(O)CN3)n2)c1. The van der Waals surface area contributed by atoms with Crippen molar-refractivity contribution >= 4 is 0 Å². The number of nitrogens with one attached hydrogen (secondary N) is 1. The first-order valence-corrected chi connectivity index (χ1v) is 6.14. The van der Waals surface area contributed by atoms with Gasteiger partial charge in [-0.25, -0.2) is 4.39 Å². The standard InChI is InChI=1S/C13H14FN3O2/c1-7-2-8(4-9(14)3-7)12-16-13(19-17-12)11-5-10(18)6-15-11/h2-4,10-11,15,18H,5-6H2,1H3. The van der Waals surface area contributed by atoms with Crippen LogP contribution in [0.15, 0.2) is 22.7 Å². The molecule has 5 nitrogen and oxygen atoms in total. The molecule has 0 radical (unpaired) electrons. The molecule has 0 saturated carbocycles. The van der Waals surface area contributed by atoms with Gasteiger partial charge in [0.05, 0.1) is 12.1 Å². The molecule has 1 aliphatic heterocycles. The summed E-state index contributed by atoms with van der Waals surface area (Å²) in [5, 5.41) is 16.4. The van der Waals surface area contributed by atoms with Gasteiger partial charge >= 0.3 is 0 Å². The fourth-order valence-corrected chi connectivity index (χ4v) is 2.26. The van der Waals surface area contributed by atoms with E-state index in [1.54, 1.807) is 6.07 Å². The minimum absolute atomic E-state index is 0.133. The molecule has 0 bridgehead atoms. The van der Waals surface area contributed by atoms with Gasteiger partial charge in [0, 0.05) is 12.1 Å². The Morgan fingerprint density at radius 3 is 2.95 bits per heavy atom. The summed E-state index contributed by atoms with van der Waals surface area (Å²) in [7, 11) is 0. The number of aliphatic hydroxyl groups is 1. The summed E-state index contributed by atoms with van der Waals surface area (Å²) in [6.45, 7) is 2.32. The van der Waals surface area contributed by atoms with Crippen molar-refractivity contribution in [3.05, 3.63) is 35.5 Å². The van der Waals surface area contributed by atoms with Crippen LogP contribution in [0.25, 0.3) is 11.4 Å². The minimum atomic E-state index is -0.392. The molecule has 100 valence electrons. The van der Waals surface area contributed by atoms with Gasteiger partial charge in [-0.1, -0.05) is 5.16 Å². The second kappa shape index (κ2) is 4.71. The Bertz CT molecular complexity index is 579. The third kappa shape index (κ3) is 2.50. The zero-order valence-corrected chi connectivity index (χ0v) is 10.4. The van der Waals surface area contributed by atoms with Gasteiger partial charge < -0.3 is 14.9 Å². The molecular weight excluding hydrogens is 249 g/mol. The normalized spacial score (nSPS) is 22.9. The van der Waals surface area contributed by atoms with E-state index in [4.69, 9.17) is 4.52 Å². The highest BCUT2D eigenvalue weighted by molar-refractivity contribution is 5.55. The first kappa shape index (κ1) is 12.3. The minimum Gasteiger partial charge on any atom is -0.392 e. The van der Waals surface area contributed by atoms with Crippen molar-refractivity contribution in [3.63, 3.8) is 0 Å². The monoisotopic (exact) mass is 263 g/mol. The third-order valence-electron chi connectivity index (χ3n) is 3.15. The molecule has 0 amide bonds. The van der Waals surface area contributed by atoms with E-state index >= 15 is 0 Å². The molecule has 2 aromatic rings. The summed E-state index contributed by atoms with van der Waals surface area (Å²) in [4.78, 5) is 4.26. The van der Waals surface area contributed by atoms with Gasteiger partial charge in [0.25, 0.3) is 0 Å². The molecule has 19 heavy (non-hydrogen) atoms. The van der Waals surface area contributed by atoms with E-state index in [0.29, 0.717) is 30.2 Å². The van der Waals surface area contributed by atoms with Gasteiger partial charge in [-0.3, -0.25) is 0 Å². The van der Waals surface area contributed by atoms with Gasteiger partial charge in [0.15, 0.2) is 0 Å². The molecule has 2 atom stereocenters. The van der Waals surface area contributed by atoms with E-state index in [-0.39, 0.29) is 11.9 Å². The van der Waals surface area contributed by atoms with Crippen LogP contribution in [-0.4, -0.2) is 27.9 Å². The number of halogens is 1. The summed E-state index contributed by atoms with van der Waals surface area (Å²) >= 11 is 0. The highest BCUT2D eigenvalue weighted by Crippen LogP contribution is 2.25. The lowest BCUT2D eigenvalue weighted by Gasteiger charge is -2.01. The van der Waals surface area contributed by atoms with E-state index in [9.17, 15) is 9.50 Å². The highest BCUT2D eigenvalue weighted by Gasteiger charge is 2.28. The van der Waals surface area contributed by atoms with E-state index in [1.165, 1.54) is 12.1 Å². The lowest BCUT2D eigenvalue weighted by Crippen LogP contribution is -2.15. The van der Waals surface area contributed by atoms with Gasteiger partial charge in [-0.05, 0) is 37.1 Å². The Balaban J connectivity index is 1.88. The maximum absolute atomic E-state index is 13.3. The van der Waals surface area contributed by atoms with E-state index in [1.807, 2.05) is 6.92 Å². The quantitative estimate of drug-likeness (QED) is 0.860. The topological polar surface area (TPSA) is 71.2 Å². The predicted octanol–water partition coefficient (Wildman–Crippen LogP) is 1.58. The molecule has 1 aromatic carbocycles. The van der Waals surface area contributed by atoms with Crippen LogP contribution in [0.1, 0.15) is 23.9 Å². The molecule has 2 heterocycles. The lowest BCUT2D eigenvalue weighted by molar-refractivity contribution is 0.191. The average molecular weight is 263 g/mol. The van der Waals surface area contributed by atoms with Crippen LogP contribution >= 0.6 is 0 Å². The Labute approximate surface area is 109 Å². The van der Waals surface area contributed by atoms with Crippen molar-refractivity contribution in [1.82, 2.24) is 15.5 Å². The number of benzene rings is 1. The van der Waals surface area contributed by atoms with Gasteiger partial charge in [-0.15, -0.1) is 0 Å². The van der Waals surface area contributed by atoms with Crippen molar-refractivity contribution in [3.8, 4) is 11.4 Å². The van der Waals surface area contributed by atoms with Crippen LogP contribution in [0.3, 0.4) is 0 Å². The Kier molecular flexibility index (Phi) is 3.04. The second-order valence-electron chi connectivity index (χ2n) is 4.82. The molecule has 3 rings (SSSR count). The van der Waals surface area contributed by atoms with Gasteiger partial charge in [0.2, 0.25) is 11.7 Å². The van der Waals surface area contributed by atoms with Crippen LogP contribution in [0.2, 0.25) is 0 Å². The summed E-state index contributed by atoms with van der Waals surface area (Å²) in [6.07, 6.45) is 0.154. The van der Waals surface area contributed by atoms with Crippen LogP contribution in [0, 0.1) is 12.7 Å². The zero-order chi connectivity index (χ0) is 13.4. The first-order valence-electron chi connectivity index (χ1n) is 6.14. The van der Waals surface area contributed by atoms with Crippen molar-refractivity contribution in [2.45, 2.75) is 25.5 Å². The summed E-state index contributed by atoms with van der Waals surface area (Å²) in [5.41, 5.74) is 1.39. The summed E-state index contributed by atoms with van der Waals surface area (Å²) < 4.78 is 18.5. The molecule has 6 heteroatoms. The van der Waals surface area contributed by atoms with Crippen molar-refractivity contribution in [2.75, 3.05) is 6.54 Å². The molecular formula is C13H14FN3O2. The maximum Gasteiger partial charge on any atom is 0.244 e. The second-order valence-corrected chi connectivity index (χ2v) is 4.82. The van der Waals surface area contributed by atoms with Crippen LogP contribution in [0.5, 0.6) is 0 Å². The number of nitrogens with zero attached hydrogens (tertiary/aromatic N) is 2. The fraction of sp³-hybridized carbons (Fsp3) is 0.385. The first-order chi connectivity index (χ1) is 9.11. The van der Waals surface area contributed by atoms with Crippen molar-refractivity contribution in [2.24, 2.45) is 0 Å². The van der Waals surface area contributed by atoms with Crippen LogP contribution < -0.4 is 5.32 Å². The molecule has 1 aromatic heterocycles. The van der Waals surface area contributed by atoms with E-state index in [2.05, 4.69) is 15.5 Å². The van der Waals surface area contributed by atoms with Gasteiger partial charge in [0.1, 0.15) is 5.82 Å². The lowest BCUT2D eigenvalue weighted by atomic mass is 10.1. The van der Waals surface area contributed by atoms with Crippen LogP contribution in [-0.2, 0) is 0 Å². The fourth-order valence-electron chi connectivity index (χ4n) is 2.26. The molecule has 2 N–H and O–H groups in total. The summed E-state index contributed by atoms with van der Waals surface area (Å²) in [5.74, 6) is 0.463. The zero-order valence-electron chi connectivity index (χ0n) is 10.4. The van der Waals surface area contributed by atoms with Crippen molar-refractivity contribution < 1.29 is 14.0 Å². The predicted molar refractivity (Wildman–Crippen MR) is 65.8 cm³/mol. The number of β-amino-alcohol motifs (C(OH)–C–C–N with tert-alkyl or cyclic N) is 1. The van der Waals surface area contributed by atoms with Crippen LogP contribution in [0.4, 0.5) is 4.39 Å². The van der Waals surface area contributed by atoms with Crippen molar-refractivity contribution in [1.29, 1.82) is 0 Å². The number of aromatic nitrogens is 2. The molecule has 2 unspecified atom stereocenters. The Hall–Kier alpha value is -1.79. The number of aliphatic hydroxyl groups excluding tert-OH is 1. The largest absolute Gasteiger partial charge is 0.392 e. The number of rotatable bonds is 2. The summed E-state index contributed by atoms with van der Waals surface area (Å²) in [6, 6.07) is 4.48. The smallest absolute Gasteiger partial charge is 0.244 e. The molecule has 0 aliphatic carbocycles. The molecule has 0 spiro atoms. The number of hydrogen-bond acceptors (Lipinski definition) is 5. The molecule has 1 fully saturated rings. The van der Waals surface area contributed by atoms with Gasteiger partial charge in [-0.2, -0.15) is 4.98 Å². The number of aryl methyl sites for hydroxylation is 1. The Morgan fingerprint density at radius 1 is 1.42 bits per heavy atom. The molecule has 1 saturated heterocycles. The Morgan fingerprint density at radius 2 is 2.26 bits per heavy atom. The maximum atomic E-state index is 13.3. The van der Waals surface area contributed by atoms with E-state index in [0.717, 1.165) is 5.56 Å². The number of hydrogen-bond donors (Lipinski definition) is 2. The average Bonchev–Trinajstić information content (AvgIpc) is 2.95. The van der Waals surface area contributed by atoms with E-state index < -0.39 is 6.10 Å². The molecule has 1 aliphatic rings.